The van der Waals surface area contributed by atoms with E-state index in [-0.39, 0.29) is 55.0 Å². The Morgan fingerprint density at radius 1 is 1.14 bits per heavy atom. The Hall–Kier alpha value is -2.74. The van der Waals surface area contributed by atoms with E-state index in [1.54, 1.807) is 24.3 Å². The predicted molar refractivity (Wildman–Crippen MR) is 103 cm³/mol. The summed E-state index contributed by atoms with van der Waals surface area (Å²) in [6, 6.07) is 7.01. The highest BCUT2D eigenvalue weighted by atomic mass is 35.5. The van der Waals surface area contributed by atoms with Crippen molar-refractivity contribution in [2.24, 2.45) is 11.8 Å². The first-order chi connectivity index (χ1) is 14.0. The van der Waals surface area contributed by atoms with Crippen LogP contribution in [0.3, 0.4) is 0 Å². The van der Waals surface area contributed by atoms with Crippen molar-refractivity contribution in [2.45, 2.75) is 38.6 Å². The van der Waals surface area contributed by atoms with Gasteiger partial charge >= 0.3 is 0 Å². The lowest BCUT2D eigenvalue weighted by Crippen LogP contribution is -2.35. The van der Waals surface area contributed by atoms with Gasteiger partial charge in [0, 0.05) is 23.6 Å². The molecule has 2 fully saturated rings. The van der Waals surface area contributed by atoms with Crippen LogP contribution in [0.5, 0.6) is 0 Å². The third-order valence-electron chi connectivity index (χ3n) is 5.50. The van der Waals surface area contributed by atoms with Gasteiger partial charge in [-0.15, -0.1) is 0 Å². The number of fused-ring (bicyclic) bond motifs is 1. The molecule has 8 nitrogen and oxygen atoms in total. The molecule has 9 heteroatoms. The molecule has 1 N–H and O–H groups in total. The number of aromatic nitrogens is 2. The number of nitrogens with zero attached hydrogens (tertiary/aromatic N) is 3. The van der Waals surface area contributed by atoms with Gasteiger partial charge in [-0.3, -0.25) is 19.3 Å². The van der Waals surface area contributed by atoms with E-state index in [2.05, 4.69) is 15.5 Å². The molecule has 1 aliphatic heterocycles. The fourth-order valence-corrected chi connectivity index (χ4v) is 4.10. The SMILES string of the molecule is O=C(CCN1C(=O)[C@H]2CCCC[C@@H]2C1=O)NCc1nc(-c2ccc(Cl)cc2)no1. The van der Waals surface area contributed by atoms with Gasteiger partial charge in [0.25, 0.3) is 0 Å². The minimum Gasteiger partial charge on any atom is -0.347 e. The van der Waals surface area contributed by atoms with Crippen LogP contribution in [0, 0.1) is 11.8 Å². The van der Waals surface area contributed by atoms with Gasteiger partial charge < -0.3 is 9.84 Å². The number of carbonyl (C=O) groups is 3. The van der Waals surface area contributed by atoms with Crippen LogP contribution in [0.4, 0.5) is 0 Å². The first-order valence-corrected chi connectivity index (χ1v) is 10.1. The van der Waals surface area contributed by atoms with E-state index in [0.717, 1.165) is 31.2 Å². The molecule has 1 aromatic heterocycles. The maximum Gasteiger partial charge on any atom is 0.246 e. The zero-order valence-corrected chi connectivity index (χ0v) is 16.5. The Labute approximate surface area is 172 Å². The molecule has 0 radical (unpaired) electrons. The predicted octanol–water partition coefficient (Wildman–Crippen LogP) is 2.57. The van der Waals surface area contributed by atoms with Crippen molar-refractivity contribution in [2.75, 3.05) is 6.54 Å². The molecule has 2 aromatic rings. The number of nitrogens with one attached hydrogen (secondary N) is 1. The number of hydrogen-bond donors (Lipinski definition) is 1. The van der Waals surface area contributed by atoms with Crippen LogP contribution in [0.15, 0.2) is 28.8 Å². The highest BCUT2D eigenvalue weighted by Crippen LogP contribution is 2.37. The molecule has 1 aromatic carbocycles. The molecule has 0 bridgehead atoms. The van der Waals surface area contributed by atoms with Crippen LogP contribution >= 0.6 is 11.6 Å². The molecule has 152 valence electrons. The lowest BCUT2D eigenvalue weighted by Gasteiger charge is -2.19. The van der Waals surface area contributed by atoms with E-state index in [0.29, 0.717) is 10.8 Å². The number of rotatable bonds is 6. The molecule has 29 heavy (non-hydrogen) atoms. The molecular weight excluding hydrogens is 396 g/mol. The number of amides is 3. The van der Waals surface area contributed by atoms with Gasteiger partial charge in [-0.05, 0) is 37.1 Å². The Balaban J connectivity index is 1.27. The average Bonchev–Trinajstić information content (AvgIpc) is 3.30. The van der Waals surface area contributed by atoms with Crippen molar-refractivity contribution in [3.63, 3.8) is 0 Å². The molecule has 0 unspecified atom stereocenters. The second-order valence-electron chi connectivity index (χ2n) is 7.37. The summed E-state index contributed by atoms with van der Waals surface area (Å²) in [4.78, 5) is 42.5. The lowest BCUT2D eigenvalue weighted by molar-refractivity contribution is -0.140. The van der Waals surface area contributed by atoms with Gasteiger partial charge in [0.2, 0.25) is 29.4 Å². The molecule has 2 atom stereocenters. The van der Waals surface area contributed by atoms with Crippen LogP contribution in [-0.4, -0.2) is 39.3 Å². The summed E-state index contributed by atoms with van der Waals surface area (Å²) in [5, 5.41) is 7.18. The largest absolute Gasteiger partial charge is 0.347 e. The summed E-state index contributed by atoms with van der Waals surface area (Å²) in [6.07, 6.45) is 3.55. The third-order valence-corrected chi connectivity index (χ3v) is 5.75. The first-order valence-electron chi connectivity index (χ1n) is 9.73. The number of hydrogen-bond acceptors (Lipinski definition) is 6. The molecule has 2 heterocycles. The molecule has 2 aliphatic rings. The molecular formula is C20H21ClN4O4. The minimum atomic E-state index is -0.285. The normalized spacial score (nSPS) is 21.3. The molecule has 1 saturated heterocycles. The van der Waals surface area contributed by atoms with Crippen LogP contribution in [0.1, 0.15) is 38.0 Å². The molecule has 0 spiro atoms. The standard InChI is InChI=1S/C20H21ClN4O4/c21-13-7-5-12(6-8-13)18-23-17(29-24-18)11-22-16(26)9-10-25-19(27)14-3-1-2-4-15(14)20(25)28/h5-8,14-15H,1-4,9-11H2,(H,22,26)/t14-,15-/m0/s1. The lowest BCUT2D eigenvalue weighted by atomic mass is 9.81. The second kappa shape index (κ2) is 8.32. The van der Waals surface area contributed by atoms with E-state index in [1.165, 1.54) is 4.90 Å². The fourth-order valence-electron chi connectivity index (χ4n) is 3.97. The van der Waals surface area contributed by atoms with Crippen molar-refractivity contribution in [1.29, 1.82) is 0 Å². The second-order valence-corrected chi connectivity index (χ2v) is 7.81. The number of carbonyl (C=O) groups excluding carboxylic acids is 3. The number of imide groups is 1. The molecule has 1 saturated carbocycles. The average molecular weight is 417 g/mol. The summed E-state index contributed by atoms with van der Waals surface area (Å²) in [7, 11) is 0. The Kier molecular flexibility index (Phi) is 5.62. The van der Waals surface area contributed by atoms with Gasteiger partial charge in [0.05, 0.1) is 18.4 Å². The van der Waals surface area contributed by atoms with Crippen molar-refractivity contribution in [1.82, 2.24) is 20.4 Å². The van der Waals surface area contributed by atoms with Crippen LogP contribution in [0.25, 0.3) is 11.4 Å². The van der Waals surface area contributed by atoms with E-state index in [4.69, 9.17) is 16.1 Å². The molecule has 1 aliphatic carbocycles. The summed E-state index contributed by atoms with van der Waals surface area (Å²) < 4.78 is 5.15. The van der Waals surface area contributed by atoms with Crippen molar-refractivity contribution in [3.05, 3.63) is 35.2 Å². The summed E-state index contributed by atoms with van der Waals surface area (Å²) in [5.74, 6) is -0.252. The van der Waals surface area contributed by atoms with Crippen LogP contribution < -0.4 is 5.32 Å². The molecule has 3 amide bonds. The first kappa shape index (κ1) is 19.6. The maximum atomic E-state index is 12.4. The summed E-state index contributed by atoms with van der Waals surface area (Å²) >= 11 is 5.86. The Morgan fingerprint density at radius 2 is 1.79 bits per heavy atom. The third kappa shape index (κ3) is 4.17. The Morgan fingerprint density at radius 3 is 2.45 bits per heavy atom. The van der Waals surface area contributed by atoms with Crippen molar-refractivity contribution in [3.8, 4) is 11.4 Å². The maximum absolute atomic E-state index is 12.4. The summed E-state index contributed by atoms with van der Waals surface area (Å²) in [6.45, 7) is 0.183. The molecule has 4 rings (SSSR count). The van der Waals surface area contributed by atoms with Crippen LogP contribution in [0.2, 0.25) is 5.02 Å². The van der Waals surface area contributed by atoms with Crippen LogP contribution in [-0.2, 0) is 20.9 Å². The number of benzene rings is 1. The van der Waals surface area contributed by atoms with Gasteiger partial charge in [-0.2, -0.15) is 4.98 Å². The minimum absolute atomic E-state index is 0.0507. The topological polar surface area (TPSA) is 105 Å². The quantitative estimate of drug-likeness (QED) is 0.725. The smallest absolute Gasteiger partial charge is 0.246 e. The fraction of sp³-hybridized carbons (Fsp3) is 0.450. The van der Waals surface area contributed by atoms with E-state index in [1.807, 2.05) is 0 Å². The summed E-state index contributed by atoms with van der Waals surface area (Å²) in [5.41, 5.74) is 0.753. The van der Waals surface area contributed by atoms with E-state index >= 15 is 0 Å². The number of likely N-dealkylation sites (tertiary alicyclic amines) is 1. The van der Waals surface area contributed by atoms with Crippen molar-refractivity contribution < 1.29 is 18.9 Å². The van der Waals surface area contributed by atoms with Gasteiger partial charge in [0.1, 0.15) is 0 Å². The zero-order chi connectivity index (χ0) is 20.4. The van der Waals surface area contributed by atoms with Crippen molar-refractivity contribution >= 4 is 29.3 Å². The van der Waals surface area contributed by atoms with E-state index < -0.39 is 0 Å². The highest BCUT2D eigenvalue weighted by molar-refractivity contribution is 6.30. The van der Waals surface area contributed by atoms with E-state index in [9.17, 15) is 14.4 Å². The van der Waals surface area contributed by atoms with Gasteiger partial charge in [-0.25, -0.2) is 0 Å². The zero-order valence-electron chi connectivity index (χ0n) is 15.8. The monoisotopic (exact) mass is 416 g/mol. The van der Waals surface area contributed by atoms with Gasteiger partial charge in [0.15, 0.2) is 0 Å². The van der Waals surface area contributed by atoms with Gasteiger partial charge in [-0.1, -0.05) is 29.6 Å². The Bertz CT molecular complexity index is 903. The highest BCUT2D eigenvalue weighted by Gasteiger charge is 2.47. The number of halogens is 1.